The molecule has 4 nitrogen and oxygen atoms in total. The molecule has 1 saturated heterocycles. The van der Waals surface area contributed by atoms with Crippen molar-refractivity contribution >= 4 is 0 Å². The molecule has 3 N–H and O–H groups in total. The predicted molar refractivity (Wildman–Crippen MR) is 72.7 cm³/mol. The van der Waals surface area contributed by atoms with Gasteiger partial charge in [-0.25, -0.2) is 0 Å². The van der Waals surface area contributed by atoms with E-state index in [4.69, 9.17) is 9.47 Å². The molecule has 2 heterocycles. The highest BCUT2D eigenvalue weighted by molar-refractivity contribution is 5.50. The van der Waals surface area contributed by atoms with Crippen LogP contribution in [-0.4, -0.2) is 33.9 Å². The smallest absolute Gasteiger partial charge is 0.167 e. The Labute approximate surface area is 114 Å². The summed E-state index contributed by atoms with van der Waals surface area (Å²) in [6, 6.07) is 4.65. The van der Waals surface area contributed by atoms with Crippen molar-refractivity contribution in [2.24, 2.45) is 0 Å². The van der Waals surface area contributed by atoms with Gasteiger partial charge in [-0.05, 0) is 12.1 Å². The molecule has 1 atom stereocenters. The molecule has 0 bridgehead atoms. The maximum absolute atomic E-state index is 5.62. The molecule has 1 aromatic rings. The average Bonchev–Trinajstić information content (AvgIpc) is 2.99. The molecular weight excluding hydrogens is 240 g/mol. The normalized spacial score (nSPS) is 23.2. The van der Waals surface area contributed by atoms with Crippen LogP contribution < -0.4 is 19.7 Å². The number of methoxy groups -OCH3 is 2. The summed E-state index contributed by atoms with van der Waals surface area (Å²) in [5.74, 6) is 2.05. The third kappa shape index (κ3) is 2.19. The van der Waals surface area contributed by atoms with E-state index in [9.17, 15) is 0 Å². The fourth-order valence-corrected chi connectivity index (χ4v) is 3.65. The van der Waals surface area contributed by atoms with E-state index in [1.54, 1.807) is 19.1 Å². The Morgan fingerprint density at radius 2 is 1.79 bits per heavy atom. The molecular formula is C15H24N2O2+2. The third-order valence-corrected chi connectivity index (χ3v) is 4.55. The highest BCUT2D eigenvalue weighted by Gasteiger charge is 2.37. The van der Waals surface area contributed by atoms with E-state index in [0.29, 0.717) is 6.04 Å². The first-order valence-electron chi connectivity index (χ1n) is 7.25. The van der Waals surface area contributed by atoms with Gasteiger partial charge in [-0.15, -0.1) is 0 Å². The number of quaternary nitrogens is 2. The standard InChI is InChI=1S/C15H22N2O2/c1-18-13-5-6-14(19-2)15-11(13)9-16-10-12(15)17-7-3-4-8-17/h5-6,12,16H,3-4,7-10H2,1-2H3/p+2/t12-/m0/s1. The number of likely N-dealkylation sites (tertiary alicyclic amines) is 1. The minimum Gasteiger partial charge on any atom is -0.496 e. The number of rotatable bonds is 3. The monoisotopic (exact) mass is 264 g/mol. The summed E-state index contributed by atoms with van der Waals surface area (Å²) in [4.78, 5) is 1.71. The van der Waals surface area contributed by atoms with Crippen LogP contribution in [0.5, 0.6) is 11.5 Å². The van der Waals surface area contributed by atoms with Crippen LogP contribution in [0.3, 0.4) is 0 Å². The summed E-state index contributed by atoms with van der Waals surface area (Å²) in [6.07, 6.45) is 2.71. The number of hydrogen-bond donors (Lipinski definition) is 2. The fourth-order valence-electron chi connectivity index (χ4n) is 3.65. The second kappa shape index (κ2) is 5.39. The highest BCUT2D eigenvalue weighted by Crippen LogP contribution is 2.34. The lowest BCUT2D eigenvalue weighted by atomic mass is 9.93. The van der Waals surface area contributed by atoms with Gasteiger partial charge in [0.2, 0.25) is 0 Å². The van der Waals surface area contributed by atoms with E-state index in [2.05, 4.69) is 11.4 Å². The Morgan fingerprint density at radius 3 is 2.47 bits per heavy atom. The van der Waals surface area contributed by atoms with Gasteiger partial charge in [0.05, 0.1) is 38.4 Å². The van der Waals surface area contributed by atoms with E-state index < -0.39 is 0 Å². The Hall–Kier alpha value is -1.26. The van der Waals surface area contributed by atoms with Crippen LogP contribution in [-0.2, 0) is 6.54 Å². The average molecular weight is 264 g/mol. The van der Waals surface area contributed by atoms with E-state index in [-0.39, 0.29) is 0 Å². The summed E-state index contributed by atoms with van der Waals surface area (Å²) in [7, 11) is 3.53. The lowest BCUT2D eigenvalue weighted by Gasteiger charge is -2.30. The topological polar surface area (TPSA) is 39.5 Å². The molecule has 3 rings (SSSR count). The van der Waals surface area contributed by atoms with Crippen LogP contribution in [0.1, 0.15) is 30.0 Å². The Morgan fingerprint density at radius 1 is 1.11 bits per heavy atom. The molecule has 0 aliphatic carbocycles. The van der Waals surface area contributed by atoms with Crippen LogP contribution in [0.2, 0.25) is 0 Å². The van der Waals surface area contributed by atoms with Gasteiger partial charge in [0.25, 0.3) is 0 Å². The van der Waals surface area contributed by atoms with Crippen LogP contribution in [0.15, 0.2) is 12.1 Å². The first-order chi connectivity index (χ1) is 9.35. The van der Waals surface area contributed by atoms with E-state index in [1.165, 1.54) is 37.1 Å². The Bertz CT molecular complexity index is 456. The molecule has 0 saturated carbocycles. The van der Waals surface area contributed by atoms with Crippen molar-refractivity contribution in [2.75, 3.05) is 33.9 Å². The molecule has 4 heteroatoms. The highest BCUT2D eigenvalue weighted by atomic mass is 16.5. The molecule has 0 aromatic heterocycles. The number of ether oxygens (including phenoxy) is 2. The minimum atomic E-state index is 0.552. The quantitative estimate of drug-likeness (QED) is 0.773. The molecule has 0 radical (unpaired) electrons. The SMILES string of the molecule is COc1ccc(OC)c2c1C[NH2+]C[C@@H]2[NH+]1CCCC1. The van der Waals surface area contributed by atoms with Crippen molar-refractivity contribution in [2.45, 2.75) is 25.4 Å². The van der Waals surface area contributed by atoms with E-state index in [1.807, 2.05) is 6.07 Å². The van der Waals surface area contributed by atoms with Crippen LogP contribution >= 0.6 is 0 Å². The number of nitrogens with two attached hydrogens (primary N) is 1. The van der Waals surface area contributed by atoms with Gasteiger partial charge in [-0.2, -0.15) is 0 Å². The van der Waals surface area contributed by atoms with Gasteiger partial charge in [-0.3, -0.25) is 0 Å². The van der Waals surface area contributed by atoms with Crippen LogP contribution in [0, 0.1) is 0 Å². The van der Waals surface area contributed by atoms with E-state index in [0.717, 1.165) is 24.6 Å². The minimum absolute atomic E-state index is 0.552. The van der Waals surface area contributed by atoms with Gasteiger partial charge in [0.15, 0.2) is 6.04 Å². The van der Waals surface area contributed by atoms with Gasteiger partial charge in [0.1, 0.15) is 24.6 Å². The lowest BCUT2D eigenvalue weighted by molar-refractivity contribution is -0.937. The Kier molecular flexibility index (Phi) is 3.62. The molecule has 19 heavy (non-hydrogen) atoms. The van der Waals surface area contributed by atoms with Crippen LogP contribution in [0.4, 0.5) is 0 Å². The fraction of sp³-hybridized carbons (Fsp3) is 0.600. The van der Waals surface area contributed by atoms with Gasteiger partial charge in [-0.1, -0.05) is 0 Å². The summed E-state index contributed by atoms with van der Waals surface area (Å²) in [5, 5.41) is 2.40. The van der Waals surface area contributed by atoms with Gasteiger partial charge >= 0.3 is 0 Å². The second-order valence-corrected chi connectivity index (χ2v) is 5.51. The molecule has 0 amide bonds. The molecule has 0 unspecified atom stereocenters. The molecule has 2 aliphatic rings. The second-order valence-electron chi connectivity index (χ2n) is 5.51. The van der Waals surface area contributed by atoms with Crippen molar-refractivity contribution in [1.82, 2.24) is 0 Å². The summed E-state index contributed by atoms with van der Waals surface area (Å²) in [6.45, 7) is 4.74. The summed E-state index contributed by atoms with van der Waals surface area (Å²) in [5.41, 5.74) is 2.72. The van der Waals surface area contributed by atoms with Gasteiger partial charge in [0, 0.05) is 12.8 Å². The molecule has 2 aliphatic heterocycles. The number of fused-ring (bicyclic) bond motifs is 1. The maximum Gasteiger partial charge on any atom is 0.167 e. The zero-order chi connectivity index (χ0) is 13.2. The van der Waals surface area contributed by atoms with Crippen molar-refractivity contribution in [1.29, 1.82) is 0 Å². The summed E-state index contributed by atoms with van der Waals surface area (Å²) >= 11 is 0. The number of nitrogens with one attached hydrogen (secondary N) is 1. The van der Waals surface area contributed by atoms with Crippen molar-refractivity contribution < 1.29 is 19.7 Å². The van der Waals surface area contributed by atoms with Crippen molar-refractivity contribution in [3.63, 3.8) is 0 Å². The number of hydrogen-bond acceptors (Lipinski definition) is 2. The first-order valence-corrected chi connectivity index (χ1v) is 7.25. The van der Waals surface area contributed by atoms with Crippen molar-refractivity contribution in [3.8, 4) is 11.5 Å². The first kappa shape index (κ1) is 12.8. The van der Waals surface area contributed by atoms with Gasteiger partial charge < -0.3 is 19.7 Å². The molecule has 104 valence electrons. The van der Waals surface area contributed by atoms with Crippen LogP contribution in [0.25, 0.3) is 0 Å². The molecule has 1 aromatic carbocycles. The largest absolute Gasteiger partial charge is 0.496 e. The zero-order valence-electron chi connectivity index (χ0n) is 11.9. The lowest BCUT2D eigenvalue weighted by Crippen LogP contribution is -3.13. The maximum atomic E-state index is 5.62. The summed E-state index contributed by atoms with van der Waals surface area (Å²) < 4.78 is 11.2. The van der Waals surface area contributed by atoms with E-state index >= 15 is 0 Å². The Balaban J connectivity index is 2.05. The third-order valence-electron chi connectivity index (χ3n) is 4.55. The molecule has 0 spiro atoms. The van der Waals surface area contributed by atoms with Crippen molar-refractivity contribution in [3.05, 3.63) is 23.3 Å². The molecule has 1 fully saturated rings. The zero-order valence-corrected chi connectivity index (χ0v) is 11.9. The number of benzene rings is 1. The predicted octanol–water partition coefficient (Wildman–Crippen LogP) is -0.499.